The maximum Gasteiger partial charge on any atom is 0.157 e. The zero-order chi connectivity index (χ0) is 15.6. The third-order valence-electron chi connectivity index (χ3n) is 4.26. The van der Waals surface area contributed by atoms with Gasteiger partial charge in [0.2, 0.25) is 0 Å². The summed E-state index contributed by atoms with van der Waals surface area (Å²) >= 11 is 0. The van der Waals surface area contributed by atoms with Crippen molar-refractivity contribution in [3.05, 3.63) is 29.3 Å². The fraction of sp³-hybridized carbons (Fsp3) is 0.625. The van der Waals surface area contributed by atoms with E-state index >= 15 is 0 Å². The van der Waals surface area contributed by atoms with Gasteiger partial charge in [0.25, 0.3) is 0 Å². The molecule has 1 aliphatic rings. The van der Waals surface area contributed by atoms with Gasteiger partial charge < -0.3 is 10.1 Å². The Hall–Kier alpha value is -1.07. The third-order valence-corrected chi connectivity index (χ3v) is 6.92. The van der Waals surface area contributed by atoms with E-state index in [0.717, 1.165) is 24.3 Å². The number of hydrogen-bond acceptors (Lipinski definition) is 4. The quantitative estimate of drug-likeness (QED) is 0.907. The number of hydrogen-bond donors (Lipinski definition) is 1. The van der Waals surface area contributed by atoms with Crippen LogP contribution in [0.2, 0.25) is 0 Å². The van der Waals surface area contributed by atoms with Gasteiger partial charge in [-0.3, -0.25) is 0 Å². The first-order valence-corrected chi connectivity index (χ1v) is 9.15. The Balaban J connectivity index is 2.44. The molecule has 0 bridgehead atoms. The standard InChI is InChI=1S/C16H25NO3S/c1-5-17-16-14-8-7-13(20-4)10-12(14)6-9-15(16)21(18,19)11(2)3/h7-8,10-11,15-17H,5-6,9H2,1-4H3. The number of methoxy groups -OCH3 is 1. The highest BCUT2D eigenvalue weighted by Crippen LogP contribution is 2.37. The zero-order valence-corrected chi connectivity index (χ0v) is 14.0. The van der Waals surface area contributed by atoms with Crippen molar-refractivity contribution in [2.24, 2.45) is 0 Å². The summed E-state index contributed by atoms with van der Waals surface area (Å²) in [5, 5.41) is 2.68. The molecule has 0 aliphatic heterocycles. The highest BCUT2D eigenvalue weighted by atomic mass is 32.2. The lowest BCUT2D eigenvalue weighted by molar-refractivity contribution is 0.410. The molecular weight excluding hydrogens is 286 g/mol. The first-order valence-electron chi connectivity index (χ1n) is 7.54. The molecule has 0 spiro atoms. The van der Waals surface area contributed by atoms with Crippen LogP contribution in [0.4, 0.5) is 0 Å². The number of aryl methyl sites for hydroxylation is 1. The van der Waals surface area contributed by atoms with E-state index < -0.39 is 9.84 Å². The van der Waals surface area contributed by atoms with Gasteiger partial charge in [0.05, 0.1) is 17.6 Å². The fourth-order valence-electron chi connectivity index (χ4n) is 3.06. The van der Waals surface area contributed by atoms with Gasteiger partial charge in [-0.25, -0.2) is 8.42 Å². The number of fused-ring (bicyclic) bond motifs is 1. The molecule has 1 aliphatic carbocycles. The molecule has 1 N–H and O–H groups in total. The minimum atomic E-state index is -3.12. The van der Waals surface area contributed by atoms with Crippen LogP contribution >= 0.6 is 0 Å². The smallest absolute Gasteiger partial charge is 0.157 e. The van der Waals surface area contributed by atoms with Gasteiger partial charge in [0, 0.05) is 6.04 Å². The summed E-state index contributed by atoms with van der Waals surface area (Å²) in [5.41, 5.74) is 2.29. The monoisotopic (exact) mass is 311 g/mol. The van der Waals surface area contributed by atoms with Crippen LogP contribution in [0.15, 0.2) is 18.2 Å². The molecule has 118 valence electrons. The maximum atomic E-state index is 12.6. The van der Waals surface area contributed by atoms with Crippen LogP contribution < -0.4 is 10.1 Å². The predicted octanol–water partition coefficient (Wildman–Crippen LogP) is 2.48. The number of benzene rings is 1. The Labute approximate surface area is 127 Å². The van der Waals surface area contributed by atoms with Crippen molar-refractivity contribution in [3.8, 4) is 5.75 Å². The lowest BCUT2D eigenvalue weighted by Crippen LogP contribution is -2.43. The molecule has 4 nitrogen and oxygen atoms in total. The van der Waals surface area contributed by atoms with Crippen molar-refractivity contribution in [2.75, 3.05) is 13.7 Å². The van der Waals surface area contributed by atoms with Gasteiger partial charge in [-0.1, -0.05) is 13.0 Å². The van der Waals surface area contributed by atoms with E-state index in [1.807, 2.05) is 25.1 Å². The van der Waals surface area contributed by atoms with Crippen LogP contribution in [-0.2, 0) is 16.3 Å². The second-order valence-corrected chi connectivity index (χ2v) is 8.54. The van der Waals surface area contributed by atoms with Crippen LogP contribution in [0.5, 0.6) is 5.75 Å². The van der Waals surface area contributed by atoms with E-state index in [1.54, 1.807) is 21.0 Å². The molecular formula is C16H25NO3S. The summed E-state index contributed by atoms with van der Waals surface area (Å²) in [6.45, 7) is 6.29. The molecule has 0 fully saturated rings. The highest BCUT2D eigenvalue weighted by Gasteiger charge is 2.39. The van der Waals surface area contributed by atoms with E-state index in [1.165, 1.54) is 5.56 Å². The van der Waals surface area contributed by atoms with Crippen LogP contribution in [-0.4, -0.2) is 32.6 Å². The highest BCUT2D eigenvalue weighted by molar-refractivity contribution is 7.92. The normalized spacial score (nSPS) is 22.1. The van der Waals surface area contributed by atoms with Gasteiger partial charge in [-0.15, -0.1) is 0 Å². The molecule has 0 saturated heterocycles. The first-order chi connectivity index (χ1) is 9.91. The molecule has 0 heterocycles. The summed E-state index contributed by atoms with van der Waals surface area (Å²) in [7, 11) is -1.47. The lowest BCUT2D eigenvalue weighted by Gasteiger charge is -2.35. The molecule has 0 aromatic heterocycles. The Morgan fingerprint density at radius 2 is 2.10 bits per heavy atom. The summed E-state index contributed by atoms with van der Waals surface area (Å²) in [6.07, 6.45) is 1.45. The van der Waals surface area contributed by atoms with Crippen molar-refractivity contribution in [3.63, 3.8) is 0 Å². The second kappa shape index (κ2) is 6.36. The molecule has 2 unspecified atom stereocenters. The molecule has 2 rings (SSSR count). The molecule has 0 radical (unpaired) electrons. The Morgan fingerprint density at radius 3 is 2.67 bits per heavy atom. The molecule has 1 aromatic rings. The summed E-state index contributed by atoms with van der Waals surface area (Å²) < 4.78 is 30.5. The van der Waals surface area contributed by atoms with Gasteiger partial charge in [0.1, 0.15) is 5.75 Å². The Kier molecular flexibility index (Phi) is 4.94. The molecule has 2 atom stereocenters. The van der Waals surface area contributed by atoms with E-state index in [-0.39, 0.29) is 16.5 Å². The summed E-state index contributed by atoms with van der Waals surface area (Å²) in [4.78, 5) is 0. The van der Waals surface area contributed by atoms with Gasteiger partial charge >= 0.3 is 0 Å². The van der Waals surface area contributed by atoms with Crippen LogP contribution in [0.25, 0.3) is 0 Å². The molecule has 1 aromatic carbocycles. The predicted molar refractivity (Wildman–Crippen MR) is 85.6 cm³/mol. The largest absolute Gasteiger partial charge is 0.497 e. The zero-order valence-electron chi connectivity index (χ0n) is 13.2. The second-order valence-electron chi connectivity index (χ2n) is 5.81. The third kappa shape index (κ3) is 3.09. The molecule has 5 heteroatoms. The van der Waals surface area contributed by atoms with E-state index in [4.69, 9.17) is 4.74 Å². The van der Waals surface area contributed by atoms with Crippen LogP contribution in [0, 0.1) is 0 Å². The average Bonchev–Trinajstić information content (AvgIpc) is 2.46. The van der Waals surface area contributed by atoms with Crippen molar-refractivity contribution in [2.45, 2.75) is 50.2 Å². The Bertz CT molecular complexity index is 596. The molecule has 21 heavy (non-hydrogen) atoms. The van der Waals surface area contributed by atoms with Crippen molar-refractivity contribution < 1.29 is 13.2 Å². The van der Waals surface area contributed by atoms with Crippen molar-refractivity contribution in [1.29, 1.82) is 0 Å². The van der Waals surface area contributed by atoms with Gasteiger partial charge in [-0.05, 0) is 56.5 Å². The minimum absolute atomic E-state index is 0.128. The SMILES string of the molecule is CCNC1c2ccc(OC)cc2CCC1S(=O)(=O)C(C)C. The average molecular weight is 311 g/mol. The maximum absolute atomic E-state index is 12.6. The van der Waals surface area contributed by atoms with E-state index in [9.17, 15) is 8.42 Å². The topological polar surface area (TPSA) is 55.4 Å². The van der Waals surface area contributed by atoms with E-state index in [2.05, 4.69) is 5.32 Å². The van der Waals surface area contributed by atoms with Crippen LogP contribution in [0.3, 0.4) is 0 Å². The first kappa shape index (κ1) is 16.3. The number of nitrogens with one attached hydrogen (secondary N) is 1. The van der Waals surface area contributed by atoms with Gasteiger partial charge in [0.15, 0.2) is 9.84 Å². The Morgan fingerprint density at radius 1 is 1.38 bits per heavy atom. The van der Waals surface area contributed by atoms with E-state index in [0.29, 0.717) is 6.42 Å². The summed E-state index contributed by atoms with van der Waals surface area (Å²) in [6, 6.07) is 5.81. The number of rotatable bonds is 5. The van der Waals surface area contributed by atoms with Crippen molar-refractivity contribution in [1.82, 2.24) is 5.32 Å². The molecule has 0 amide bonds. The lowest BCUT2D eigenvalue weighted by atomic mass is 9.87. The molecule has 0 saturated carbocycles. The fourth-order valence-corrected chi connectivity index (χ4v) is 4.83. The van der Waals surface area contributed by atoms with Crippen LogP contribution in [0.1, 0.15) is 44.4 Å². The minimum Gasteiger partial charge on any atom is -0.497 e. The van der Waals surface area contributed by atoms with Gasteiger partial charge in [-0.2, -0.15) is 0 Å². The summed E-state index contributed by atoms with van der Waals surface area (Å²) in [5.74, 6) is 0.828. The van der Waals surface area contributed by atoms with Crippen molar-refractivity contribution >= 4 is 9.84 Å². The number of sulfone groups is 1. The number of ether oxygens (including phenoxy) is 1.